The predicted molar refractivity (Wildman–Crippen MR) is 81.7 cm³/mol. The Labute approximate surface area is 117 Å². The Bertz CT molecular complexity index is 377. The number of aryl methyl sites for hydroxylation is 2. The molecule has 3 heteroatoms. The average Bonchev–Trinajstić information content (AvgIpc) is 2.39. The van der Waals surface area contributed by atoms with Crippen LogP contribution in [-0.2, 0) is 6.54 Å². The highest BCUT2D eigenvalue weighted by molar-refractivity contribution is 5.42. The Kier molecular flexibility index (Phi) is 6.32. The normalized spacial score (nSPS) is 12.9. The maximum Gasteiger partial charge on any atom is 0.121 e. The molecule has 1 rings (SSSR count). The Balaban J connectivity index is 2.52. The van der Waals surface area contributed by atoms with Crippen LogP contribution in [0.25, 0.3) is 0 Å². The van der Waals surface area contributed by atoms with E-state index in [-0.39, 0.29) is 0 Å². The molecule has 0 aromatic heterocycles. The summed E-state index contributed by atoms with van der Waals surface area (Å²) in [5.74, 6) is 0.417. The molecular weight excluding hydrogens is 236 g/mol. The molecule has 1 unspecified atom stereocenters. The van der Waals surface area contributed by atoms with Gasteiger partial charge in [0.25, 0.3) is 0 Å². The number of nitrogens with one attached hydrogen (secondary N) is 1. The molecule has 0 heterocycles. The molecule has 0 aliphatic carbocycles. The molecule has 0 radical (unpaired) electrons. The number of likely N-dealkylation sites (N-methyl/N-ethyl adjacent to an activating group) is 1. The van der Waals surface area contributed by atoms with E-state index in [1.165, 1.54) is 5.56 Å². The molecule has 2 N–H and O–H groups in total. The minimum Gasteiger partial charge on any atom is -0.507 e. The molecule has 1 aromatic carbocycles. The fraction of sp³-hybridized carbons (Fsp3) is 0.625. The molecule has 0 saturated heterocycles. The fourth-order valence-electron chi connectivity index (χ4n) is 2.37. The summed E-state index contributed by atoms with van der Waals surface area (Å²) in [7, 11) is 0. The van der Waals surface area contributed by atoms with Crippen molar-refractivity contribution >= 4 is 0 Å². The van der Waals surface area contributed by atoms with Gasteiger partial charge in [0, 0.05) is 19.1 Å². The van der Waals surface area contributed by atoms with Crippen LogP contribution in [-0.4, -0.2) is 35.7 Å². The number of hydrogen-bond donors (Lipinski definition) is 2. The van der Waals surface area contributed by atoms with Gasteiger partial charge in [-0.3, -0.25) is 0 Å². The lowest BCUT2D eigenvalue weighted by atomic mass is 10.1. The Morgan fingerprint density at radius 2 is 1.68 bits per heavy atom. The first-order chi connectivity index (χ1) is 8.97. The van der Waals surface area contributed by atoms with E-state index in [1.807, 2.05) is 13.8 Å². The largest absolute Gasteiger partial charge is 0.507 e. The van der Waals surface area contributed by atoms with Gasteiger partial charge in [0.05, 0.1) is 0 Å². The number of nitrogens with zero attached hydrogens (tertiary/aromatic N) is 1. The van der Waals surface area contributed by atoms with E-state index < -0.39 is 0 Å². The lowest BCUT2D eigenvalue weighted by Gasteiger charge is -2.23. The summed E-state index contributed by atoms with van der Waals surface area (Å²) in [6.07, 6.45) is 0. The molecule has 108 valence electrons. The third-order valence-corrected chi connectivity index (χ3v) is 3.63. The summed E-state index contributed by atoms with van der Waals surface area (Å²) < 4.78 is 0. The second kappa shape index (κ2) is 7.51. The van der Waals surface area contributed by atoms with Gasteiger partial charge in [-0.25, -0.2) is 0 Å². The van der Waals surface area contributed by atoms with Gasteiger partial charge in [0.15, 0.2) is 0 Å². The van der Waals surface area contributed by atoms with Crippen molar-refractivity contribution in [2.24, 2.45) is 0 Å². The maximum absolute atomic E-state index is 9.76. The van der Waals surface area contributed by atoms with E-state index in [4.69, 9.17) is 0 Å². The van der Waals surface area contributed by atoms with E-state index in [9.17, 15) is 5.11 Å². The van der Waals surface area contributed by atoms with Crippen LogP contribution in [0.3, 0.4) is 0 Å². The second-order valence-corrected chi connectivity index (χ2v) is 5.35. The molecule has 3 nitrogen and oxygen atoms in total. The molecule has 0 aliphatic heterocycles. The summed E-state index contributed by atoms with van der Waals surface area (Å²) in [6, 6.07) is 4.58. The zero-order valence-electron chi connectivity index (χ0n) is 13.0. The Hall–Kier alpha value is -1.06. The number of rotatable bonds is 7. The van der Waals surface area contributed by atoms with Crippen molar-refractivity contribution < 1.29 is 5.11 Å². The second-order valence-electron chi connectivity index (χ2n) is 5.35. The minimum atomic E-state index is 0.417. The van der Waals surface area contributed by atoms with Crippen LogP contribution in [0.15, 0.2) is 12.1 Å². The molecule has 0 amide bonds. The van der Waals surface area contributed by atoms with Gasteiger partial charge in [-0.05, 0) is 50.6 Å². The lowest BCUT2D eigenvalue weighted by molar-refractivity contribution is 0.270. The zero-order valence-corrected chi connectivity index (χ0v) is 13.0. The van der Waals surface area contributed by atoms with Gasteiger partial charge < -0.3 is 15.3 Å². The average molecular weight is 264 g/mol. The summed E-state index contributed by atoms with van der Waals surface area (Å²) in [6.45, 7) is 14.6. The van der Waals surface area contributed by atoms with Gasteiger partial charge in [-0.15, -0.1) is 0 Å². The van der Waals surface area contributed by atoms with Crippen molar-refractivity contribution in [1.29, 1.82) is 0 Å². The van der Waals surface area contributed by atoms with Gasteiger partial charge in [-0.2, -0.15) is 0 Å². The summed E-state index contributed by atoms with van der Waals surface area (Å²) in [5.41, 5.74) is 3.14. The van der Waals surface area contributed by atoms with Gasteiger partial charge in [0.1, 0.15) is 5.75 Å². The van der Waals surface area contributed by atoms with E-state index in [1.54, 1.807) is 0 Å². The van der Waals surface area contributed by atoms with Crippen LogP contribution in [0, 0.1) is 13.8 Å². The van der Waals surface area contributed by atoms with Crippen LogP contribution in [0.5, 0.6) is 5.75 Å². The highest BCUT2D eigenvalue weighted by atomic mass is 16.3. The van der Waals surface area contributed by atoms with Crippen molar-refractivity contribution in [3.05, 3.63) is 28.8 Å². The van der Waals surface area contributed by atoms with E-state index in [0.29, 0.717) is 11.8 Å². The molecule has 0 saturated carbocycles. The van der Waals surface area contributed by atoms with E-state index >= 15 is 0 Å². The van der Waals surface area contributed by atoms with Crippen molar-refractivity contribution in [1.82, 2.24) is 10.2 Å². The predicted octanol–water partition coefficient (Wildman–Crippen LogP) is 2.83. The molecule has 0 fully saturated rings. The number of phenols is 1. The quantitative estimate of drug-likeness (QED) is 0.795. The van der Waals surface area contributed by atoms with Crippen LogP contribution < -0.4 is 5.32 Å². The molecular formula is C16H28N2O. The topological polar surface area (TPSA) is 35.5 Å². The Morgan fingerprint density at radius 1 is 1.16 bits per heavy atom. The van der Waals surface area contributed by atoms with Crippen LogP contribution >= 0.6 is 0 Å². The third kappa shape index (κ3) is 4.84. The summed E-state index contributed by atoms with van der Waals surface area (Å²) in [4.78, 5) is 2.42. The highest BCUT2D eigenvalue weighted by Gasteiger charge is 2.08. The first-order valence-corrected chi connectivity index (χ1v) is 7.22. The van der Waals surface area contributed by atoms with Crippen LogP contribution in [0.2, 0.25) is 0 Å². The number of benzene rings is 1. The SMILES string of the molecule is CCN(CC)CC(C)NCc1cc(C)c(O)c(C)c1. The summed E-state index contributed by atoms with van der Waals surface area (Å²) in [5, 5.41) is 13.3. The van der Waals surface area contributed by atoms with E-state index in [0.717, 1.165) is 37.3 Å². The smallest absolute Gasteiger partial charge is 0.121 e. The Morgan fingerprint density at radius 3 is 2.16 bits per heavy atom. The zero-order chi connectivity index (χ0) is 14.4. The van der Waals surface area contributed by atoms with Crippen LogP contribution in [0.1, 0.15) is 37.5 Å². The third-order valence-electron chi connectivity index (χ3n) is 3.63. The molecule has 1 aromatic rings. The number of hydrogen-bond acceptors (Lipinski definition) is 3. The monoisotopic (exact) mass is 264 g/mol. The summed E-state index contributed by atoms with van der Waals surface area (Å²) >= 11 is 0. The van der Waals surface area contributed by atoms with Gasteiger partial charge in [-0.1, -0.05) is 26.0 Å². The standard InChI is InChI=1S/C16H28N2O/c1-6-18(7-2)11-14(5)17-10-15-8-12(3)16(19)13(4)9-15/h8-9,14,17,19H,6-7,10-11H2,1-5H3. The maximum atomic E-state index is 9.76. The first kappa shape index (κ1) is 16.0. The number of aromatic hydroxyl groups is 1. The minimum absolute atomic E-state index is 0.417. The van der Waals surface area contributed by atoms with Crippen molar-refractivity contribution in [2.45, 2.75) is 47.2 Å². The van der Waals surface area contributed by atoms with Gasteiger partial charge >= 0.3 is 0 Å². The number of phenolic OH excluding ortho intramolecular Hbond substituents is 1. The molecule has 0 spiro atoms. The van der Waals surface area contributed by atoms with Crippen molar-refractivity contribution in [3.63, 3.8) is 0 Å². The molecule has 1 atom stereocenters. The lowest BCUT2D eigenvalue weighted by Crippen LogP contribution is -2.38. The van der Waals surface area contributed by atoms with Crippen molar-refractivity contribution in [2.75, 3.05) is 19.6 Å². The molecule has 0 bridgehead atoms. The first-order valence-electron chi connectivity index (χ1n) is 7.22. The van der Waals surface area contributed by atoms with Gasteiger partial charge in [0.2, 0.25) is 0 Å². The molecule has 0 aliphatic rings. The highest BCUT2D eigenvalue weighted by Crippen LogP contribution is 2.22. The fourth-order valence-corrected chi connectivity index (χ4v) is 2.37. The van der Waals surface area contributed by atoms with E-state index in [2.05, 4.69) is 43.1 Å². The molecule has 19 heavy (non-hydrogen) atoms. The van der Waals surface area contributed by atoms with Crippen molar-refractivity contribution in [3.8, 4) is 5.75 Å². The van der Waals surface area contributed by atoms with Crippen LogP contribution in [0.4, 0.5) is 0 Å².